The van der Waals surface area contributed by atoms with E-state index in [0.717, 1.165) is 6.20 Å². The van der Waals surface area contributed by atoms with Gasteiger partial charge in [-0.25, -0.2) is 12.8 Å². The molecule has 1 aromatic heterocycles. The van der Waals surface area contributed by atoms with Crippen molar-refractivity contribution in [2.24, 2.45) is 5.73 Å². The molecule has 0 aliphatic rings. The Hall–Kier alpha value is -1.01. The van der Waals surface area contributed by atoms with Crippen LogP contribution in [0.1, 0.15) is 24.6 Å². The van der Waals surface area contributed by atoms with Crippen molar-refractivity contribution in [1.82, 2.24) is 4.98 Å². The molecule has 0 aliphatic heterocycles. The molecule has 4 nitrogen and oxygen atoms in total. The Morgan fingerprint density at radius 3 is 2.69 bits per heavy atom. The van der Waals surface area contributed by atoms with E-state index < -0.39 is 15.7 Å². The summed E-state index contributed by atoms with van der Waals surface area (Å²) >= 11 is 0. The zero-order valence-electron chi connectivity index (χ0n) is 9.06. The number of sulfone groups is 1. The van der Waals surface area contributed by atoms with E-state index in [-0.39, 0.29) is 11.8 Å². The monoisotopic (exact) mass is 246 g/mol. The van der Waals surface area contributed by atoms with E-state index in [2.05, 4.69) is 4.98 Å². The van der Waals surface area contributed by atoms with E-state index >= 15 is 0 Å². The van der Waals surface area contributed by atoms with Crippen molar-refractivity contribution in [3.8, 4) is 0 Å². The molecule has 6 heteroatoms. The highest BCUT2D eigenvalue weighted by Crippen LogP contribution is 2.13. The maximum absolute atomic E-state index is 12.6. The maximum atomic E-state index is 12.6. The molecule has 1 atom stereocenters. The second kappa shape index (κ2) is 5.36. The van der Waals surface area contributed by atoms with Crippen molar-refractivity contribution in [2.45, 2.75) is 18.9 Å². The third kappa shape index (κ3) is 4.67. The lowest BCUT2D eigenvalue weighted by atomic mass is 10.1. The number of hydrogen-bond donors (Lipinski definition) is 1. The van der Waals surface area contributed by atoms with Crippen LogP contribution in [0.2, 0.25) is 0 Å². The van der Waals surface area contributed by atoms with Crippen LogP contribution in [-0.4, -0.2) is 25.4 Å². The number of aromatic nitrogens is 1. The van der Waals surface area contributed by atoms with Gasteiger partial charge in [0.15, 0.2) is 0 Å². The number of halogens is 1. The number of nitrogens with zero attached hydrogens (tertiary/aromatic N) is 1. The first-order valence-corrected chi connectivity index (χ1v) is 6.99. The van der Waals surface area contributed by atoms with Crippen LogP contribution in [0.25, 0.3) is 0 Å². The Morgan fingerprint density at radius 1 is 1.50 bits per heavy atom. The smallest absolute Gasteiger partial charge is 0.147 e. The SMILES string of the molecule is CS(=O)(=O)CCCC(N)c1ccc(F)cn1. The summed E-state index contributed by atoms with van der Waals surface area (Å²) in [5.41, 5.74) is 6.37. The van der Waals surface area contributed by atoms with Gasteiger partial charge in [-0.1, -0.05) is 0 Å². The average Bonchev–Trinajstić information content (AvgIpc) is 2.16. The quantitative estimate of drug-likeness (QED) is 0.842. The van der Waals surface area contributed by atoms with E-state index in [1.54, 1.807) is 0 Å². The topological polar surface area (TPSA) is 73.0 Å². The van der Waals surface area contributed by atoms with E-state index in [4.69, 9.17) is 5.73 Å². The highest BCUT2D eigenvalue weighted by atomic mass is 32.2. The van der Waals surface area contributed by atoms with Gasteiger partial charge in [0.1, 0.15) is 15.7 Å². The Labute approximate surface area is 94.6 Å². The van der Waals surface area contributed by atoms with Crippen LogP contribution in [0.15, 0.2) is 18.3 Å². The zero-order valence-corrected chi connectivity index (χ0v) is 9.87. The minimum absolute atomic E-state index is 0.113. The minimum atomic E-state index is -2.94. The van der Waals surface area contributed by atoms with Crippen molar-refractivity contribution < 1.29 is 12.8 Å². The molecular weight excluding hydrogens is 231 g/mol. The van der Waals surface area contributed by atoms with Crippen molar-refractivity contribution in [1.29, 1.82) is 0 Å². The summed E-state index contributed by atoms with van der Waals surface area (Å²) in [6.45, 7) is 0. The van der Waals surface area contributed by atoms with Crippen LogP contribution in [0.4, 0.5) is 4.39 Å². The van der Waals surface area contributed by atoms with Gasteiger partial charge in [-0.05, 0) is 25.0 Å². The van der Waals surface area contributed by atoms with E-state index in [9.17, 15) is 12.8 Å². The van der Waals surface area contributed by atoms with Gasteiger partial charge in [0.05, 0.1) is 11.9 Å². The molecule has 16 heavy (non-hydrogen) atoms. The fourth-order valence-corrected chi connectivity index (χ4v) is 2.01. The third-order valence-corrected chi connectivity index (χ3v) is 3.19. The van der Waals surface area contributed by atoms with Crippen LogP contribution in [-0.2, 0) is 9.84 Å². The van der Waals surface area contributed by atoms with Crippen molar-refractivity contribution in [2.75, 3.05) is 12.0 Å². The summed E-state index contributed by atoms with van der Waals surface area (Å²) in [4.78, 5) is 3.84. The summed E-state index contributed by atoms with van der Waals surface area (Å²) in [5, 5.41) is 0. The van der Waals surface area contributed by atoms with E-state index in [1.165, 1.54) is 18.4 Å². The lowest BCUT2D eigenvalue weighted by Crippen LogP contribution is -2.14. The minimum Gasteiger partial charge on any atom is -0.323 e. The second-order valence-corrected chi connectivity index (χ2v) is 6.04. The molecule has 1 rings (SSSR count). The van der Waals surface area contributed by atoms with Crippen LogP contribution >= 0.6 is 0 Å². The molecule has 1 unspecified atom stereocenters. The average molecular weight is 246 g/mol. The number of nitrogens with two attached hydrogens (primary N) is 1. The van der Waals surface area contributed by atoms with Gasteiger partial charge in [-0.3, -0.25) is 4.98 Å². The molecule has 0 aromatic carbocycles. The van der Waals surface area contributed by atoms with Gasteiger partial charge in [0.2, 0.25) is 0 Å². The molecule has 90 valence electrons. The first-order chi connectivity index (χ1) is 7.38. The highest BCUT2D eigenvalue weighted by Gasteiger charge is 2.09. The zero-order chi connectivity index (χ0) is 12.2. The van der Waals surface area contributed by atoms with Gasteiger partial charge in [0, 0.05) is 18.1 Å². The molecule has 0 fully saturated rings. The lowest BCUT2D eigenvalue weighted by molar-refractivity contribution is 0.580. The normalized spacial score (nSPS) is 13.7. The number of rotatable bonds is 5. The fraction of sp³-hybridized carbons (Fsp3) is 0.500. The third-order valence-electron chi connectivity index (χ3n) is 2.16. The maximum Gasteiger partial charge on any atom is 0.147 e. The van der Waals surface area contributed by atoms with Gasteiger partial charge in [-0.15, -0.1) is 0 Å². The highest BCUT2D eigenvalue weighted by molar-refractivity contribution is 7.90. The Kier molecular flexibility index (Phi) is 4.37. The lowest BCUT2D eigenvalue weighted by Gasteiger charge is -2.10. The number of hydrogen-bond acceptors (Lipinski definition) is 4. The molecule has 0 amide bonds. The molecule has 0 bridgehead atoms. The van der Waals surface area contributed by atoms with Crippen LogP contribution < -0.4 is 5.73 Å². The molecule has 0 aliphatic carbocycles. The second-order valence-electron chi connectivity index (χ2n) is 3.78. The van der Waals surface area contributed by atoms with Crippen molar-refractivity contribution in [3.05, 3.63) is 29.8 Å². The molecule has 1 aromatic rings. The fourth-order valence-electron chi connectivity index (χ4n) is 1.32. The van der Waals surface area contributed by atoms with Crippen molar-refractivity contribution >= 4 is 9.84 Å². The van der Waals surface area contributed by atoms with E-state index in [0.29, 0.717) is 18.5 Å². The van der Waals surface area contributed by atoms with Crippen LogP contribution in [0.3, 0.4) is 0 Å². The van der Waals surface area contributed by atoms with Gasteiger partial charge < -0.3 is 5.73 Å². The van der Waals surface area contributed by atoms with Gasteiger partial charge >= 0.3 is 0 Å². The van der Waals surface area contributed by atoms with Gasteiger partial charge in [-0.2, -0.15) is 0 Å². The van der Waals surface area contributed by atoms with Crippen LogP contribution in [0.5, 0.6) is 0 Å². The molecule has 0 saturated heterocycles. The first-order valence-electron chi connectivity index (χ1n) is 4.93. The number of pyridine rings is 1. The van der Waals surface area contributed by atoms with Crippen molar-refractivity contribution in [3.63, 3.8) is 0 Å². The predicted molar refractivity (Wildman–Crippen MR) is 60.1 cm³/mol. The molecule has 2 N–H and O–H groups in total. The van der Waals surface area contributed by atoms with Crippen LogP contribution in [0, 0.1) is 5.82 Å². The molecular formula is C10H15FN2O2S. The van der Waals surface area contributed by atoms with E-state index in [1.807, 2.05) is 0 Å². The first kappa shape index (κ1) is 13.1. The molecule has 0 spiro atoms. The summed E-state index contributed by atoms with van der Waals surface area (Å²) in [6, 6.07) is 2.46. The largest absolute Gasteiger partial charge is 0.323 e. The summed E-state index contributed by atoms with van der Waals surface area (Å²) in [7, 11) is -2.94. The Bertz CT molecular complexity index is 431. The summed E-state index contributed by atoms with van der Waals surface area (Å²) < 4.78 is 34.4. The molecule has 0 saturated carbocycles. The van der Waals surface area contributed by atoms with Gasteiger partial charge in [0.25, 0.3) is 0 Å². The molecule has 1 heterocycles. The predicted octanol–water partition coefficient (Wildman–Crippen LogP) is 1.05. The standard InChI is InChI=1S/C10H15FN2O2S/c1-16(14,15)6-2-3-9(12)10-5-4-8(11)7-13-10/h4-5,7,9H,2-3,6,12H2,1H3. The molecule has 0 radical (unpaired) electrons. The Morgan fingerprint density at radius 2 is 2.19 bits per heavy atom. The Balaban J connectivity index is 2.47. The summed E-state index contributed by atoms with van der Waals surface area (Å²) in [5.74, 6) is -0.297. The summed E-state index contributed by atoms with van der Waals surface area (Å²) in [6.07, 6.45) is 3.30.